The first kappa shape index (κ1) is 32.3. The van der Waals surface area contributed by atoms with Crippen molar-refractivity contribution in [2.45, 2.75) is 0 Å². The van der Waals surface area contributed by atoms with Gasteiger partial charge in [-0.1, -0.05) is 133 Å². The van der Waals surface area contributed by atoms with E-state index in [9.17, 15) is 0 Å². The Bertz CT molecular complexity index is 3470. The van der Waals surface area contributed by atoms with Crippen LogP contribution in [0, 0.1) is 0 Å². The van der Waals surface area contributed by atoms with Gasteiger partial charge in [-0.3, -0.25) is 0 Å². The van der Waals surface area contributed by atoms with Crippen molar-refractivity contribution in [3.63, 3.8) is 0 Å². The Balaban J connectivity index is 1.03. The fraction of sp³-hybridized carbons (Fsp3) is 0. The third kappa shape index (κ3) is 5.30. The third-order valence-corrected chi connectivity index (χ3v) is 13.2. The van der Waals surface area contributed by atoms with Gasteiger partial charge in [0.1, 0.15) is 11.2 Å². The lowest BCUT2D eigenvalue weighted by molar-refractivity contribution is 0.670. The molecule has 4 nitrogen and oxygen atoms in total. The van der Waals surface area contributed by atoms with E-state index in [1.165, 1.54) is 51.5 Å². The zero-order chi connectivity index (χ0) is 37.5. The number of benzene rings is 8. The molecule has 0 aliphatic heterocycles. The van der Waals surface area contributed by atoms with E-state index in [4.69, 9.17) is 19.4 Å². The van der Waals surface area contributed by atoms with Gasteiger partial charge in [-0.15, -0.1) is 22.7 Å². The molecular formula is C51H29N3OS2. The van der Waals surface area contributed by atoms with Crippen molar-refractivity contribution in [2.24, 2.45) is 0 Å². The van der Waals surface area contributed by atoms with E-state index in [1.807, 2.05) is 83.3 Å². The van der Waals surface area contributed by atoms with Crippen LogP contribution in [-0.2, 0) is 0 Å². The summed E-state index contributed by atoms with van der Waals surface area (Å²) < 4.78 is 12.0. The molecule has 0 fully saturated rings. The van der Waals surface area contributed by atoms with Gasteiger partial charge in [-0.25, -0.2) is 15.0 Å². The molecule has 57 heavy (non-hydrogen) atoms. The van der Waals surface area contributed by atoms with E-state index in [0.717, 1.165) is 49.8 Å². The summed E-state index contributed by atoms with van der Waals surface area (Å²) in [5.41, 5.74) is 9.02. The van der Waals surface area contributed by atoms with Gasteiger partial charge in [0.15, 0.2) is 17.5 Å². The SMILES string of the molecule is c1ccc(-c2nc(-c3ccccc3)nc(-c3ccc4c(c3)oc3c(-c5cc(-c6ccc7c(c6)sc6ccccc67)c6c(c5)sc5ccccc56)cccc34)n2)cc1. The third-order valence-electron chi connectivity index (χ3n) is 10.9. The number of furan rings is 1. The first-order valence-electron chi connectivity index (χ1n) is 18.9. The van der Waals surface area contributed by atoms with Crippen LogP contribution in [0.4, 0.5) is 0 Å². The number of para-hydroxylation sites is 1. The summed E-state index contributed by atoms with van der Waals surface area (Å²) in [5, 5.41) is 7.32. The molecule has 0 amide bonds. The highest BCUT2D eigenvalue weighted by Crippen LogP contribution is 2.46. The van der Waals surface area contributed by atoms with Crippen LogP contribution in [0.1, 0.15) is 0 Å². The Hall–Kier alpha value is -6.99. The van der Waals surface area contributed by atoms with Gasteiger partial charge in [0.2, 0.25) is 0 Å². The summed E-state index contributed by atoms with van der Waals surface area (Å²) in [4.78, 5) is 14.8. The summed E-state index contributed by atoms with van der Waals surface area (Å²) in [6.07, 6.45) is 0. The monoisotopic (exact) mass is 763 g/mol. The van der Waals surface area contributed by atoms with Gasteiger partial charge in [0, 0.05) is 73.4 Å². The van der Waals surface area contributed by atoms with E-state index in [1.54, 1.807) is 0 Å². The maximum absolute atomic E-state index is 6.87. The topological polar surface area (TPSA) is 51.8 Å². The second-order valence-electron chi connectivity index (χ2n) is 14.3. The zero-order valence-electron chi connectivity index (χ0n) is 30.3. The molecule has 6 heteroatoms. The number of aromatic nitrogens is 3. The van der Waals surface area contributed by atoms with E-state index >= 15 is 0 Å². The molecule has 266 valence electrons. The number of thiophene rings is 2. The molecule has 0 spiro atoms. The second-order valence-corrected chi connectivity index (χ2v) is 16.5. The van der Waals surface area contributed by atoms with Crippen molar-refractivity contribution in [3.8, 4) is 56.4 Å². The minimum atomic E-state index is 0.598. The molecule has 4 aromatic heterocycles. The van der Waals surface area contributed by atoms with Gasteiger partial charge in [-0.2, -0.15) is 0 Å². The van der Waals surface area contributed by atoms with Crippen molar-refractivity contribution >= 4 is 85.0 Å². The molecule has 12 rings (SSSR count). The Morgan fingerprint density at radius 2 is 0.895 bits per heavy atom. The molecule has 0 saturated heterocycles. The second kappa shape index (κ2) is 12.8. The first-order valence-corrected chi connectivity index (χ1v) is 20.6. The fourth-order valence-corrected chi connectivity index (χ4v) is 10.6. The predicted octanol–water partition coefficient (Wildman–Crippen LogP) is 14.8. The molecule has 0 atom stereocenters. The van der Waals surface area contributed by atoms with Crippen LogP contribution in [0.25, 0.3) is 119 Å². The van der Waals surface area contributed by atoms with Crippen LogP contribution in [0.5, 0.6) is 0 Å². The lowest BCUT2D eigenvalue weighted by Gasteiger charge is -2.10. The molecule has 0 unspecified atom stereocenters. The smallest absolute Gasteiger partial charge is 0.164 e. The van der Waals surface area contributed by atoms with E-state index in [2.05, 4.69) is 115 Å². The zero-order valence-corrected chi connectivity index (χ0v) is 31.9. The fourth-order valence-electron chi connectivity index (χ4n) is 8.23. The van der Waals surface area contributed by atoms with Crippen LogP contribution in [0.15, 0.2) is 180 Å². The molecule has 0 aliphatic rings. The molecule has 0 radical (unpaired) electrons. The highest BCUT2D eigenvalue weighted by Gasteiger charge is 2.19. The minimum absolute atomic E-state index is 0.598. The molecule has 0 N–H and O–H groups in total. The highest BCUT2D eigenvalue weighted by molar-refractivity contribution is 7.26. The molecule has 12 aromatic rings. The van der Waals surface area contributed by atoms with Crippen LogP contribution in [-0.4, -0.2) is 15.0 Å². The van der Waals surface area contributed by atoms with Gasteiger partial charge >= 0.3 is 0 Å². The van der Waals surface area contributed by atoms with Gasteiger partial charge in [0.25, 0.3) is 0 Å². The Morgan fingerprint density at radius 1 is 0.333 bits per heavy atom. The van der Waals surface area contributed by atoms with Gasteiger partial charge in [0.05, 0.1) is 0 Å². The average Bonchev–Trinajstić information content (AvgIpc) is 3.97. The van der Waals surface area contributed by atoms with E-state index in [0.29, 0.717) is 17.5 Å². The summed E-state index contributed by atoms with van der Waals surface area (Å²) in [6, 6.07) is 62.0. The maximum atomic E-state index is 6.87. The minimum Gasteiger partial charge on any atom is -0.455 e. The van der Waals surface area contributed by atoms with Gasteiger partial charge in [-0.05, 0) is 59.2 Å². The van der Waals surface area contributed by atoms with Crippen molar-refractivity contribution in [3.05, 3.63) is 176 Å². The number of rotatable bonds is 5. The summed E-state index contributed by atoms with van der Waals surface area (Å²) >= 11 is 3.71. The number of hydrogen-bond donors (Lipinski definition) is 0. The van der Waals surface area contributed by atoms with E-state index in [-0.39, 0.29) is 0 Å². The molecule has 0 saturated carbocycles. The largest absolute Gasteiger partial charge is 0.455 e. The van der Waals surface area contributed by atoms with Crippen LogP contribution < -0.4 is 0 Å². The van der Waals surface area contributed by atoms with Crippen LogP contribution in [0.3, 0.4) is 0 Å². The van der Waals surface area contributed by atoms with Crippen molar-refractivity contribution in [1.82, 2.24) is 15.0 Å². The maximum Gasteiger partial charge on any atom is 0.164 e. The van der Waals surface area contributed by atoms with Crippen LogP contribution in [0.2, 0.25) is 0 Å². The molecule has 0 bridgehead atoms. The molecular weight excluding hydrogens is 735 g/mol. The average molecular weight is 764 g/mol. The van der Waals surface area contributed by atoms with Gasteiger partial charge < -0.3 is 4.42 Å². The predicted molar refractivity (Wildman–Crippen MR) is 240 cm³/mol. The number of hydrogen-bond acceptors (Lipinski definition) is 6. The standard InChI is InChI=1S/C51H29N3OS2/c1-3-12-30(13-4-1)49-52-50(31-14-5-2-6-15-31)54-51(53-49)33-23-24-36-39-19-11-18-35(48(39)55-42(36)27-33)34-26-41(47-40-17-8-10-21-44(40)57-46(47)29-34)32-22-25-38-37-16-7-9-20-43(37)56-45(38)28-32/h1-29H. The summed E-state index contributed by atoms with van der Waals surface area (Å²) in [7, 11) is 0. The molecule has 0 aliphatic carbocycles. The quantitative estimate of drug-likeness (QED) is 0.175. The van der Waals surface area contributed by atoms with Crippen molar-refractivity contribution in [2.75, 3.05) is 0 Å². The molecule has 4 heterocycles. The number of nitrogens with zero attached hydrogens (tertiary/aromatic N) is 3. The highest BCUT2D eigenvalue weighted by atomic mass is 32.1. The Morgan fingerprint density at radius 3 is 1.65 bits per heavy atom. The van der Waals surface area contributed by atoms with Crippen LogP contribution >= 0.6 is 22.7 Å². The molecule has 8 aromatic carbocycles. The number of fused-ring (bicyclic) bond motifs is 9. The van der Waals surface area contributed by atoms with E-state index < -0.39 is 0 Å². The summed E-state index contributed by atoms with van der Waals surface area (Å²) in [5.74, 6) is 1.86. The van der Waals surface area contributed by atoms with Crippen molar-refractivity contribution < 1.29 is 4.42 Å². The lowest BCUT2D eigenvalue weighted by atomic mass is 9.93. The summed E-state index contributed by atoms with van der Waals surface area (Å²) in [6.45, 7) is 0. The Kier molecular flexibility index (Phi) is 7.24. The normalized spacial score (nSPS) is 11.9. The Labute approximate surface area is 335 Å². The van der Waals surface area contributed by atoms with Crippen molar-refractivity contribution in [1.29, 1.82) is 0 Å². The lowest BCUT2D eigenvalue weighted by Crippen LogP contribution is -2.00. The first-order chi connectivity index (χ1) is 28.2.